The van der Waals surface area contributed by atoms with Crippen molar-refractivity contribution in [3.05, 3.63) is 60.8 Å². The Bertz CT molecular complexity index is 1570. The Labute approximate surface area is 468 Å². The monoisotopic (exact) mass is 1080 g/mol. The lowest BCUT2D eigenvalue weighted by Gasteiger charge is -2.40. The van der Waals surface area contributed by atoms with E-state index in [1.54, 1.807) is 6.08 Å². The second-order valence-corrected chi connectivity index (χ2v) is 21.3. The van der Waals surface area contributed by atoms with Crippen LogP contribution in [-0.2, 0) is 42.9 Å². The minimum Gasteiger partial charge on any atom is -0.479 e. The number of aliphatic hydroxyl groups excluding tert-OH is 2. The number of allylic oxidation sites excluding steroid dienone is 9. The third kappa shape index (κ3) is 43.0. The Kier molecular flexibility index (Phi) is 49.2. The summed E-state index contributed by atoms with van der Waals surface area (Å²) in [4.78, 5) is 51.1. The molecule has 1 fully saturated rings. The van der Waals surface area contributed by atoms with Gasteiger partial charge in [0.2, 0.25) is 0 Å². The van der Waals surface area contributed by atoms with E-state index in [4.69, 9.17) is 23.7 Å². The maximum Gasteiger partial charge on any atom is 0.335 e. The average molecular weight is 1090 g/mol. The van der Waals surface area contributed by atoms with Crippen LogP contribution in [0.25, 0.3) is 0 Å². The second-order valence-electron chi connectivity index (χ2n) is 21.3. The lowest BCUT2D eigenvalue weighted by Crippen LogP contribution is -2.61. The molecule has 0 aromatic carbocycles. The third-order valence-corrected chi connectivity index (χ3v) is 14.1. The fourth-order valence-electron chi connectivity index (χ4n) is 9.38. The molecule has 1 heterocycles. The summed E-state index contributed by atoms with van der Waals surface area (Å²) in [6, 6.07) is 0. The van der Waals surface area contributed by atoms with Crippen molar-refractivity contribution >= 4 is 23.9 Å². The molecule has 1 rings (SSSR count). The van der Waals surface area contributed by atoms with Crippen molar-refractivity contribution < 1.29 is 58.2 Å². The fraction of sp³-hybridized carbons (Fsp3) is 0.785. The third-order valence-electron chi connectivity index (χ3n) is 14.1. The van der Waals surface area contributed by atoms with Crippen molar-refractivity contribution in [1.82, 2.24) is 0 Å². The largest absolute Gasteiger partial charge is 0.479 e. The Morgan fingerprint density at radius 3 is 1.19 bits per heavy atom. The van der Waals surface area contributed by atoms with Crippen molar-refractivity contribution in [3.63, 3.8) is 0 Å². The predicted molar refractivity (Wildman–Crippen MR) is 312 cm³/mol. The van der Waals surface area contributed by atoms with Gasteiger partial charge in [-0.25, -0.2) is 4.79 Å². The number of aliphatic hydroxyl groups is 2. The van der Waals surface area contributed by atoms with Crippen LogP contribution >= 0.6 is 0 Å². The molecule has 0 aromatic rings. The number of esters is 3. The number of carbonyl (C=O) groups excluding carboxylic acids is 3. The van der Waals surface area contributed by atoms with Crippen LogP contribution in [-0.4, -0.2) is 89.2 Å². The minimum absolute atomic E-state index is 0.0122. The Morgan fingerprint density at radius 2 is 0.805 bits per heavy atom. The summed E-state index contributed by atoms with van der Waals surface area (Å²) in [5.74, 6) is -3.26. The first kappa shape index (κ1) is 71.4. The molecule has 444 valence electrons. The van der Waals surface area contributed by atoms with E-state index < -0.39 is 67.3 Å². The molecule has 12 nitrogen and oxygen atoms in total. The van der Waals surface area contributed by atoms with E-state index >= 15 is 0 Å². The molecule has 0 radical (unpaired) electrons. The summed E-state index contributed by atoms with van der Waals surface area (Å²) in [6.07, 6.45) is 53.6. The number of carbonyl (C=O) groups is 4. The standard InChI is InChI=1S/C65H112O12/c1-4-7-10-13-16-19-22-25-28-29-32-35-38-41-44-47-50-53-59(68)76-63-61(70)60(69)62(64(71)72)77-65(63)74-55-56(75-58(67)52-49-46-43-40-37-34-31-27-24-21-18-15-12-9-6-3)54-73-57(66)51-48-45-42-39-36-33-30-26-23-20-17-14-11-8-5-2/h8,11,17,20,26,30,36,39,45,48,56,60-63,65,69-70H,4-7,9-10,12-16,18-19,21-25,27-29,31-35,37-38,40-44,46-47,49-55H2,1-3H3,(H,71,72)/b11-8-,20-17-,30-26-,39-36-,48-45-. The summed E-state index contributed by atoms with van der Waals surface area (Å²) >= 11 is 0. The molecule has 0 amide bonds. The van der Waals surface area contributed by atoms with Crippen LogP contribution in [0, 0.1) is 0 Å². The molecule has 0 aliphatic carbocycles. The van der Waals surface area contributed by atoms with Gasteiger partial charge in [-0.2, -0.15) is 0 Å². The van der Waals surface area contributed by atoms with Crippen molar-refractivity contribution in [2.45, 2.75) is 314 Å². The van der Waals surface area contributed by atoms with Gasteiger partial charge in [-0.05, 0) is 44.9 Å². The number of rotatable bonds is 53. The number of carboxylic acid groups (broad SMARTS) is 1. The predicted octanol–water partition coefficient (Wildman–Crippen LogP) is 16.3. The average Bonchev–Trinajstić information content (AvgIpc) is 3.42. The summed E-state index contributed by atoms with van der Waals surface area (Å²) in [7, 11) is 0. The van der Waals surface area contributed by atoms with E-state index in [-0.39, 0.29) is 25.9 Å². The molecule has 0 saturated carbocycles. The van der Waals surface area contributed by atoms with Crippen LogP contribution in [0.15, 0.2) is 60.8 Å². The topological polar surface area (TPSA) is 175 Å². The Balaban J connectivity index is 2.70. The number of hydrogen-bond donors (Lipinski definition) is 3. The fourth-order valence-corrected chi connectivity index (χ4v) is 9.38. The maximum atomic E-state index is 13.2. The zero-order valence-corrected chi connectivity index (χ0v) is 49.0. The highest BCUT2D eigenvalue weighted by Gasteiger charge is 2.50. The van der Waals surface area contributed by atoms with Gasteiger partial charge in [0.05, 0.1) is 13.0 Å². The molecule has 1 saturated heterocycles. The molecule has 0 bridgehead atoms. The lowest BCUT2D eigenvalue weighted by molar-refractivity contribution is -0.301. The van der Waals surface area contributed by atoms with Gasteiger partial charge in [0.15, 0.2) is 24.6 Å². The Morgan fingerprint density at radius 1 is 0.442 bits per heavy atom. The van der Waals surface area contributed by atoms with Crippen LogP contribution in [0.4, 0.5) is 0 Å². The van der Waals surface area contributed by atoms with Gasteiger partial charge < -0.3 is 39.0 Å². The molecule has 6 unspecified atom stereocenters. The quantitative estimate of drug-likeness (QED) is 0.0228. The highest BCUT2D eigenvalue weighted by molar-refractivity contribution is 5.74. The number of carboxylic acids is 1. The van der Waals surface area contributed by atoms with E-state index in [2.05, 4.69) is 63.3 Å². The van der Waals surface area contributed by atoms with Crippen molar-refractivity contribution in [1.29, 1.82) is 0 Å². The molecule has 0 aromatic heterocycles. The second kappa shape index (κ2) is 53.1. The molecule has 1 aliphatic heterocycles. The molecular weight excluding hydrogens is 973 g/mol. The van der Waals surface area contributed by atoms with E-state index in [1.165, 1.54) is 148 Å². The van der Waals surface area contributed by atoms with E-state index in [0.29, 0.717) is 19.3 Å². The Hall–Kier alpha value is -3.58. The molecule has 12 heteroatoms. The molecule has 6 atom stereocenters. The lowest BCUT2D eigenvalue weighted by atomic mass is 9.98. The minimum atomic E-state index is -1.91. The van der Waals surface area contributed by atoms with E-state index in [0.717, 1.165) is 70.6 Å². The van der Waals surface area contributed by atoms with Crippen LogP contribution in [0.3, 0.4) is 0 Å². The first-order chi connectivity index (χ1) is 37.6. The van der Waals surface area contributed by atoms with Crippen molar-refractivity contribution in [3.8, 4) is 0 Å². The number of hydrogen-bond acceptors (Lipinski definition) is 11. The van der Waals surface area contributed by atoms with Crippen LogP contribution in [0.1, 0.15) is 278 Å². The molecule has 3 N–H and O–H groups in total. The van der Waals surface area contributed by atoms with Gasteiger partial charge in [-0.1, -0.05) is 274 Å². The van der Waals surface area contributed by atoms with Gasteiger partial charge in [0.1, 0.15) is 18.8 Å². The SMILES string of the molecule is CC/C=C\C/C=C\C/C=C\C/C=C\C/C=C\CC(=O)OCC(COC1OC(C(=O)O)C(O)C(O)C1OC(=O)CCCCCCCCCCCCCCCCCCC)OC(=O)CCCCCCCCCCCCCCCCC. The van der Waals surface area contributed by atoms with Crippen LogP contribution in [0.5, 0.6) is 0 Å². The van der Waals surface area contributed by atoms with Crippen LogP contribution < -0.4 is 0 Å². The number of unbranched alkanes of at least 4 members (excludes halogenated alkanes) is 30. The molecular formula is C65H112O12. The summed E-state index contributed by atoms with van der Waals surface area (Å²) < 4.78 is 28.4. The summed E-state index contributed by atoms with van der Waals surface area (Å²) in [5.41, 5.74) is 0. The smallest absolute Gasteiger partial charge is 0.335 e. The normalized spacial score (nSPS) is 18.4. The van der Waals surface area contributed by atoms with Gasteiger partial charge in [0, 0.05) is 12.8 Å². The van der Waals surface area contributed by atoms with Crippen LogP contribution in [0.2, 0.25) is 0 Å². The molecule has 1 aliphatic rings. The molecule has 0 spiro atoms. The zero-order valence-electron chi connectivity index (χ0n) is 49.0. The highest BCUT2D eigenvalue weighted by atomic mass is 16.7. The highest BCUT2D eigenvalue weighted by Crippen LogP contribution is 2.27. The first-order valence-corrected chi connectivity index (χ1v) is 31.3. The van der Waals surface area contributed by atoms with E-state index in [1.807, 2.05) is 12.2 Å². The van der Waals surface area contributed by atoms with Crippen molar-refractivity contribution in [2.24, 2.45) is 0 Å². The number of ether oxygens (including phenoxy) is 5. The van der Waals surface area contributed by atoms with Gasteiger partial charge >= 0.3 is 23.9 Å². The first-order valence-electron chi connectivity index (χ1n) is 31.3. The summed E-state index contributed by atoms with van der Waals surface area (Å²) in [5, 5.41) is 31.5. The van der Waals surface area contributed by atoms with Gasteiger partial charge in [-0.15, -0.1) is 0 Å². The number of aliphatic carboxylic acids is 1. The van der Waals surface area contributed by atoms with Crippen molar-refractivity contribution in [2.75, 3.05) is 13.2 Å². The zero-order chi connectivity index (χ0) is 56.1. The van der Waals surface area contributed by atoms with E-state index in [9.17, 15) is 34.5 Å². The van der Waals surface area contributed by atoms with Gasteiger partial charge in [0.25, 0.3) is 0 Å². The summed E-state index contributed by atoms with van der Waals surface area (Å²) in [6.45, 7) is 5.83. The maximum absolute atomic E-state index is 13.2. The van der Waals surface area contributed by atoms with Gasteiger partial charge in [-0.3, -0.25) is 14.4 Å². The molecule has 77 heavy (non-hydrogen) atoms.